The molecule has 17 heavy (non-hydrogen) atoms. The molecular formula is C12H9N3OS. The quantitative estimate of drug-likeness (QED) is 0.750. The maximum absolute atomic E-state index is 9.39. The number of aromatic nitrogens is 3. The predicted molar refractivity (Wildman–Crippen MR) is 66.1 cm³/mol. The van der Waals surface area contributed by atoms with Crippen LogP contribution in [0.15, 0.2) is 36.7 Å². The number of benzene rings is 1. The number of aromatic hydroxyl groups is 1. The van der Waals surface area contributed by atoms with Gasteiger partial charge in [-0.3, -0.25) is 0 Å². The van der Waals surface area contributed by atoms with Crippen LogP contribution in [0, 0.1) is 0 Å². The van der Waals surface area contributed by atoms with E-state index in [0.29, 0.717) is 12.1 Å². The molecule has 0 saturated heterocycles. The fourth-order valence-corrected chi connectivity index (χ4v) is 2.53. The van der Waals surface area contributed by atoms with Gasteiger partial charge in [-0.05, 0) is 17.7 Å². The standard InChI is InChI=1S/C12H9N3OS/c16-9-3-1-2-8(6-9)7-10-15-11-12(17-10)14-5-4-13-11/h1-6,16H,7H2. The minimum Gasteiger partial charge on any atom is -0.508 e. The summed E-state index contributed by atoms with van der Waals surface area (Å²) in [7, 11) is 0. The molecule has 2 heterocycles. The zero-order valence-electron chi connectivity index (χ0n) is 8.87. The monoisotopic (exact) mass is 243 g/mol. The van der Waals surface area contributed by atoms with Gasteiger partial charge in [0.05, 0.1) is 0 Å². The summed E-state index contributed by atoms with van der Waals surface area (Å²) in [5.41, 5.74) is 1.72. The number of rotatable bonds is 2. The van der Waals surface area contributed by atoms with Crippen molar-refractivity contribution in [2.75, 3.05) is 0 Å². The van der Waals surface area contributed by atoms with E-state index < -0.39 is 0 Å². The van der Waals surface area contributed by atoms with E-state index in [4.69, 9.17) is 0 Å². The van der Waals surface area contributed by atoms with E-state index in [-0.39, 0.29) is 5.75 Å². The summed E-state index contributed by atoms with van der Waals surface area (Å²) >= 11 is 1.53. The van der Waals surface area contributed by atoms with E-state index in [1.165, 1.54) is 11.3 Å². The van der Waals surface area contributed by atoms with Gasteiger partial charge in [-0.1, -0.05) is 23.5 Å². The Morgan fingerprint density at radius 2 is 2.06 bits per heavy atom. The van der Waals surface area contributed by atoms with Gasteiger partial charge >= 0.3 is 0 Å². The van der Waals surface area contributed by atoms with Crippen molar-refractivity contribution in [3.05, 3.63) is 47.2 Å². The van der Waals surface area contributed by atoms with Gasteiger partial charge in [-0.15, -0.1) is 0 Å². The Labute approximate surface area is 102 Å². The van der Waals surface area contributed by atoms with Crippen molar-refractivity contribution in [1.82, 2.24) is 15.0 Å². The lowest BCUT2D eigenvalue weighted by Crippen LogP contribution is -1.86. The first kappa shape index (κ1) is 10.2. The molecule has 0 atom stereocenters. The zero-order valence-corrected chi connectivity index (χ0v) is 9.68. The molecule has 0 bridgehead atoms. The number of fused-ring (bicyclic) bond motifs is 1. The molecule has 1 N–H and O–H groups in total. The first-order chi connectivity index (χ1) is 8.31. The third-order valence-corrected chi connectivity index (χ3v) is 3.31. The van der Waals surface area contributed by atoms with Crippen LogP contribution in [0.1, 0.15) is 10.6 Å². The van der Waals surface area contributed by atoms with Crippen molar-refractivity contribution < 1.29 is 5.11 Å². The first-order valence-electron chi connectivity index (χ1n) is 5.15. The van der Waals surface area contributed by atoms with Gasteiger partial charge in [0.15, 0.2) is 10.5 Å². The van der Waals surface area contributed by atoms with E-state index in [9.17, 15) is 5.11 Å². The van der Waals surface area contributed by atoms with Gasteiger partial charge in [0, 0.05) is 18.8 Å². The molecule has 1 aromatic carbocycles. The maximum Gasteiger partial charge on any atom is 0.189 e. The molecule has 0 amide bonds. The van der Waals surface area contributed by atoms with Crippen molar-refractivity contribution in [1.29, 1.82) is 0 Å². The van der Waals surface area contributed by atoms with Crippen LogP contribution in [0.4, 0.5) is 0 Å². The number of hydrogen-bond donors (Lipinski definition) is 1. The van der Waals surface area contributed by atoms with Crippen LogP contribution in [0.5, 0.6) is 5.75 Å². The highest BCUT2D eigenvalue weighted by Gasteiger charge is 2.06. The lowest BCUT2D eigenvalue weighted by atomic mass is 10.1. The molecule has 3 aromatic rings. The Hall–Kier alpha value is -2.01. The summed E-state index contributed by atoms with van der Waals surface area (Å²) in [5, 5.41) is 10.3. The average Bonchev–Trinajstić information content (AvgIpc) is 2.71. The van der Waals surface area contributed by atoms with Crippen molar-refractivity contribution in [2.45, 2.75) is 6.42 Å². The van der Waals surface area contributed by atoms with Gasteiger partial charge in [0.2, 0.25) is 0 Å². The molecule has 0 radical (unpaired) electrons. The molecule has 0 aliphatic rings. The Morgan fingerprint density at radius 1 is 1.18 bits per heavy atom. The van der Waals surface area contributed by atoms with E-state index >= 15 is 0 Å². The average molecular weight is 243 g/mol. The fraction of sp³-hybridized carbons (Fsp3) is 0.0833. The zero-order chi connectivity index (χ0) is 11.7. The lowest BCUT2D eigenvalue weighted by Gasteiger charge is -1.97. The highest BCUT2D eigenvalue weighted by atomic mass is 32.1. The highest BCUT2D eigenvalue weighted by Crippen LogP contribution is 2.21. The van der Waals surface area contributed by atoms with E-state index in [0.717, 1.165) is 15.4 Å². The van der Waals surface area contributed by atoms with Crippen molar-refractivity contribution in [2.24, 2.45) is 0 Å². The van der Waals surface area contributed by atoms with Crippen LogP contribution in [0.25, 0.3) is 10.5 Å². The SMILES string of the molecule is Oc1cccc(Cc2nc3nccnc3s2)c1. The second kappa shape index (κ2) is 4.10. The Morgan fingerprint density at radius 3 is 2.88 bits per heavy atom. The molecule has 5 heteroatoms. The minimum absolute atomic E-state index is 0.278. The highest BCUT2D eigenvalue weighted by molar-refractivity contribution is 7.18. The summed E-state index contributed by atoms with van der Waals surface area (Å²) in [6.45, 7) is 0. The fourth-order valence-electron chi connectivity index (χ4n) is 1.64. The third kappa shape index (κ3) is 2.09. The van der Waals surface area contributed by atoms with Crippen LogP contribution in [0.2, 0.25) is 0 Å². The van der Waals surface area contributed by atoms with Gasteiger partial charge in [0.1, 0.15) is 10.8 Å². The minimum atomic E-state index is 0.278. The van der Waals surface area contributed by atoms with E-state index in [1.807, 2.05) is 12.1 Å². The van der Waals surface area contributed by atoms with E-state index in [2.05, 4.69) is 15.0 Å². The molecule has 0 aliphatic heterocycles. The molecule has 0 fully saturated rings. The Bertz CT molecular complexity index is 632. The van der Waals surface area contributed by atoms with Crippen molar-refractivity contribution in [3.8, 4) is 5.75 Å². The maximum atomic E-state index is 9.39. The van der Waals surface area contributed by atoms with E-state index in [1.54, 1.807) is 24.5 Å². The second-order valence-corrected chi connectivity index (χ2v) is 4.70. The van der Waals surface area contributed by atoms with Crippen LogP contribution in [0.3, 0.4) is 0 Å². The third-order valence-electron chi connectivity index (χ3n) is 2.36. The largest absolute Gasteiger partial charge is 0.508 e. The molecule has 0 saturated carbocycles. The van der Waals surface area contributed by atoms with Gasteiger partial charge < -0.3 is 5.11 Å². The molecule has 3 rings (SSSR count). The predicted octanol–water partition coefficient (Wildman–Crippen LogP) is 2.38. The number of hydrogen-bond acceptors (Lipinski definition) is 5. The summed E-state index contributed by atoms with van der Waals surface area (Å²) < 4.78 is 0. The molecule has 2 aromatic heterocycles. The number of phenols is 1. The molecule has 4 nitrogen and oxygen atoms in total. The topological polar surface area (TPSA) is 58.9 Å². The number of phenolic OH excluding ortho intramolecular Hbond substituents is 1. The molecule has 0 unspecified atom stereocenters. The van der Waals surface area contributed by atoms with Crippen LogP contribution < -0.4 is 0 Å². The molecular weight excluding hydrogens is 234 g/mol. The van der Waals surface area contributed by atoms with Gasteiger partial charge in [-0.25, -0.2) is 15.0 Å². The Balaban J connectivity index is 1.94. The smallest absolute Gasteiger partial charge is 0.189 e. The normalized spacial score (nSPS) is 10.8. The summed E-state index contributed by atoms with van der Waals surface area (Å²) in [6.07, 6.45) is 4.00. The van der Waals surface area contributed by atoms with Gasteiger partial charge in [0.25, 0.3) is 0 Å². The van der Waals surface area contributed by atoms with Crippen molar-refractivity contribution >= 4 is 21.8 Å². The lowest BCUT2D eigenvalue weighted by molar-refractivity contribution is 0.474. The summed E-state index contributed by atoms with van der Waals surface area (Å²) in [6, 6.07) is 7.19. The first-order valence-corrected chi connectivity index (χ1v) is 5.97. The van der Waals surface area contributed by atoms with Crippen LogP contribution in [-0.2, 0) is 6.42 Å². The van der Waals surface area contributed by atoms with Crippen LogP contribution >= 0.6 is 11.3 Å². The van der Waals surface area contributed by atoms with Crippen molar-refractivity contribution in [3.63, 3.8) is 0 Å². The summed E-state index contributed by atoms with van der Waals surface area (Å²) in [4.78, 5) is 13.6. The number of thiazole rings is 1. The second-order valence-electron chi connectivity index (χ2n) is 3.64. The molecule has 84 valence electrons. The molecule has 0 aliphatic carbocycles. The number of nitrogens with zero attached hydrogens (tertiary/aromatic N) is 3. The molecule has 0 spiro atoms. The summed E-state index contributed by atoms with van der Waals surface area (Å²) in [5.74, 6) is 0.278. The van der Waals surface area contributed by atoms with Gasteiger partial charge in [-0.2, -0.15) is 0 Å². The van der Waals surface area contributed by atoms with Crippen LogP contribution in [-0.4, -0.2) is 20.1 Å². The Kier molecular flexibility index (Phi) is 2.45.